The van der Waals surface area contributed by atoms with Crippen molar-refractivity contribution >= 4 is 14.3 Å². The summed E-state index contributed by atoms with van der Waals surface area (Å²) in [6, 6.07) is 3.63. The van der Waals surface area contributed by atoms with Crippen LogP contribution in [0.3, 0.4) is 0 Å². The van der Waals surface area contributed by atoms with E-state index in [4.69, 9.17) is 23.4 Å². The van der Waals surface area contributed by atoms with Gasteiger partial charge in [-0.15, -0.1) is 0 Å². The minimum atomic E-state index is -1.96. The molecule has 1 aliphatic rings. The van der Waals surface area contributed by atoms with E-state index in [1.165, 1.54) is 6.08 Å². The van der Waals surface area contributed by atoms with E-state index in [0.717, 1.165) is 12.0 Å². The van der Waals surface area contributed by atoms with Gasteiger partial charge >= 0.3 is 5.97 Å². The third kappa shape index (κ3) is 9.80. The van der Waals surface area contributed by atoms with Gasteiger partial charge in [-0.05, 0) is 69.4 Å². The van der Waals surface area contributed by atoms with E-state index in [-0.39, 0.29) is 42.0 Å². The summed E-state index contributed by atoms with van der Waals surface area (Å²) in [4.78, 5) is 15.9. The molecule has 1 fully saturated rings. The molecule has 202 valence electrons. The lowest BCUT2D eigenvalue weighted by Gasteiger charge is -2.46. The van der Waals surface area contributed by atoms with Crippen LogP contribution < -0.4 is 0 Å². The number of aromatic nitrogens is 1. The van der Waals surface area contributed by atoms with E-state index in [1.54, 1.807) is 12.4 Å². The molecule has 36 heavy (non-hydrogen) atoms. The zero-order valence-corrected chi connectivity index (χ0v) is 24.3. The number of hydrogen-bond acceptors (Lipinski definition) is 7. The van der Waals surface area contributed by atoms with Crippen LogP contribution in [0.25, 0.3) is 0 Å². The third-order valence-electron chi connectivity index (χ3n) is 6.74. The molecule has 2 rings (SSSR count). The van der Waals surface area contributed by atoms with Crippen LogP contribution in [0.1, 0.15) is 66.4 Å². The molecule has 0 spiro atoms. The minimum absolute atomic E-state index is 0.0634. The van der Waals surface area contributed by atoms with Gasteiger partial charge < -0.3 is 23.4 Å². The van der Waals surface area contributed by atoms with Crippen molar-refractivity contribution in [3.05, 3.63) is 54.6 Å². The molecule has 0 aromatic carbocycles. The number of carbonyl (C=O) groups excluding carboxylic acids is 1. The van der Waals surface area contributed by atoms with Crippen molar-refractivity contribution in [2.24, 2.45) is 0 Å². The SMILES string of the molecule is C=C(C)O[C@@H]1CC(O[Si](C)(C)C(C)(C)C)[C@H](C)O[C@H]1O[C@H](C)CC/C=C/C(=O)OCc1ccncc1. The number of carbonyl (C=O) groups is 1. The van der Waals surface area contributed by atoms with E-state index in [0.29, 0.717) is 18.6 Å². The second kappa shape index (κ2) is 13.5. The minimum Gasteiger partial charge on any atom is -0.490 e. The topological polar surface area (TPSA) is 76.1 Å². The first kappa shape index (κ1) is 30.2. The quantitative estimate of drug-likeness (QED) is 0.139. The van der Waals surface area contributed by atoms with Gasteiger partial charge in [0, 0.05) is 24.9 Å². The highest BCUT2D eigenvalue weighted by molar-refractivity contribution is 6.74. The fourth-order valence-corrected chi connectivity index (χ4v) is 4.99. The van der Waals surface area contributed by atoms with Crippen LogP contribution >= 0.6 is 0 Å². The Balaban J connectivity index is 1.85. The second-order valence-electron chi connectivity index (χ2n) is 11.1. The van der Waals surface area contributed by atoms with Crippen LogP contribution in [-0.4, -0.2) is 50.0 Å². The molecular formula is C28H45NO6Si. The van der Waals surface area contributed by atoms with Crippen molar-refractivity contribution < 1.29 is 28.2 Å². The Morgan fingerprint density at radius 3 is 2.56 bits per heavy atom. The monoisotopic (exact) mass is 519 g/mol. The number of nitrogens with zero attached hydrogens (tertiary/aromatic N) is 1. The van der Waals surface area contributed by atoms with Crippen LogP contribution in [0.2, 0.25) is 18.1 Å². The molecule has 0 saturated carbocycles. The summed E-state index contributed by atoms with van der Waals surface area (Å²) >= 11 is 0. The third-order valence-corrected chi connectivity index (χ3v) is 11.2. The van der Waals surface area contributed by atoms with Crippen molar-refractivity contribution in [1.29, 1.82) is 0 Å². The van der Waals surface area contributed by atoms with Gasteiger partial charge in [-0.1, -0.05) is 33.4 Å². The maximum absolute atomic E-state index is 11.9. The van der Waals surface area contributed by atoms with E-state index < -0.39 is 14.6 Å². The Labute approximate surface area is 218 Å². The van der Waals surface area contributed by atoms with Gasteiger partial charge in [0.2, 0.25) is 0 Å². The predicted molar refractivity (Wildman–Crippen MR) is 144 cm³/mol. The van der Waals surface area contributed by atoms with E-state index >= 15 is 0 Å². The summed E-state index contributed by atoms with van der Waals surface area (Å²) in [6.45, 7) is 21.2. The van der Waals surface area contributed by atoms with E-state index in [1.807, 2.05) is 39.0 Å². The average molecular weight is 520 g/mol. The van der Waals surface area contributed by atoms with E-state index in [2.05, 4.69) is 45.4 Å². The maximum Gasteiger partial charge on any atom is 0.330 e. The Morgan fingerprint density at radius 1 is 1.28 bits per heavy atom. The Bertz CT molecular complexity index is 867. The number of rotatable bonds is 12. The van der Waals surface area contributed by atoms with Crippen molar-refractivity contribution in [1.82, 2.24) is 4.98 Å². The molecule has 1 saturated heterocycles. The Hall–Kier alpha value is -2.00. The first-order chi connectivity index (χ1) is 16.8. The fourth-order valence-electron chi connectivity index (χ4n) is 3.59. The first-order valence-electron chi connectivity index (χ1n) is 12.8. The van der Waals surface area contributed by atoms with Crippen LogP contribution in [0.5, 0.6) is 0 Å². The second-order valence-corrected chi connectivity index (χ2v) is 15.9. The van der Waals surface area contributed by atoms with Gasteiger partial charge in [0.15, 0.2) is 20.7 Å². The Kier molecular flexibility index (Phi) is 11.3. The van der Waals surface area contributed by atoms with Crippen molar-refractivity contribution in [3.63, 3.8) is 0 Å². The van der Waals surface area contributed by atoms with Crippen molar-refractivity contribution in [3.8, 4) is 0 Å². The highest BCUT2D eigenvalue weighted by atomic mass is 28.4. The van der Waals surface area contributed by atoms with Crippen molar-refractivity contribution in [2.45, 2.75) is 116 Å². The van der Waals surface area contributed by atoms with Crippen LogP contribution in [-0.2, 0) is 34.8 Å². The summed E-state index contributed by atoms with van der Waals surface area (Å²) in [5.41, 5.74) is 0.902. The molecule has 1 aromatic heterocycles. The van der Waals surface area contributed by atoms with Crippen LogP contribution in [0, 0.1) is 0 Å². The molecule has 0 aliphatic carbocycles. The van der Waals surface area contributed by atoms with Gasteiger partial charge in [-0.3, -0.25) is 4.98 Å². The lowest BCUT2D eigenvalue weighted by atomic mass is 10.0. The number of ether oxygens (including phenoxy) is 4. The molecule has 0 N–H and O–H groups in total. The zero-order valence-electron chi connectivity index (χ0n) is 23.3. The molecule has 8 heteroatoms. The van der Waals surface area contributed by atoms with Gasteiger partial charge in [-0.25, -0.2) is 4.79 Å². The van der Waals surface area contributed by atoms with Crippen LogP contribution in [0.15, 0.2) is 49.0 Å². The van der Waals surface area contributed by atoms with Crippen molar-refractivity contribution in [2.75, 3.05) is 0 Å². The molecule has 1 unspecified atom stereocenters. The highest BCUT2D eigenvalue weighted by Gasteiger charge is 2.45. The van der Waals surface area contributed by atoms with Crippen LogP contribution in [0.4, 0.5) is 0 Å². The zero-order chi connectivity index (χ0) is 26.9. The fraction of sp³-hybridized carbons (Fsp3) is 0.643. The van der Waals surface area contributed by atoms with Gasteiger partial charge in [0.05, 0.1) is 24.1 Å². The normalized spacial score (nSPS) is 23.9. The lowest BCUT2D eigenvalue weighted by molar-refractivity contribution is -0.274. The largest absolute Gasteiger partial charge is 0.490 e. The van der Waals surface area contributed by atoms with Gasteiger partial charge in [0.1, 0.15) is 6.61 Å². The molecule has 0 bridgehead atoms. The Morgan fingerprint density at radius 2 is 1.94 bits per heavy atom. The number of esters is 1. The number of allylic oxidation sites excluding steroid dienone is 2. The van der Waals surface area contributed by atoms with Gasteiger partial charge in [0.25, 0.3) is 0 Å². The molecule has 2 heterocycles. The van der Waals surface area contributed by atoms with E-state index in [9.17, 15) is 4.79 Å². The number of pyridine rings is 1. The molecule has 1 aromatic rings. The molecule has 7 nitrogen and oxygen atoms in total. The summed E-state index contributed by atoms with van der Waals surface area (Å²) in [5.74, 6) is 0.256. The predicted octanol–water partition coefficient (Wildman–Crippen LogP) is 6.31. The molecular weight excluding hydrogens is 474 g/mol. The maximum atomic E-state index is 11.9. The summed E-state index contributed by atoms with van der Waals surface area (Å²) in [7, 11) is -1.96. The standard InChI is InChI=1S/C28H45NO6Si/c1-20(2)32-25-18-24(35-36(8,9)28(5,6)7)22(4)34-27(25)33-21(3)12-10-11-13-26(30)31-19-23-14-16-29-17-15-23/h11,13-17,21-22,24-25,27H,1,10,12,18-19H2,2-9H3/b13-11+/t21-,22+,24?,25-,27-/m1/s1. The molecule has 0 amide bonds. The molecule has 5 atom stereocenters. The average Bonchev–Trinajstić information content (AvgIpc) is 2.78. The first-order valence-corrected chi connectivity index (χ1v) is 15.7. The highest BCUT2D eigenvalue weighted by Crippen LogP contribution is 2.40. The summed E-state index contributed by atoms with van der Waals surface area (Å²) in [6.07, 6.45) is 7.62. The molecule has 0 radical (unpaired) electrons. The summed E-state index contributed by atoms with van der Waals surface area (Å²) in [5, 5.41) is 0.109. The number of hydrogen-bond donors (Lipinski definition) is 0. The lowest BCUT2D eigenvalue weighted by Crippen LogP contribution is -2.54. The molecule has 1 aliphatic heterocycles. The smallest absolute Gasteiger partial charge is 0.330 e. The summed E-state index contributed by atoms with van der Waals surface area (Å²) < 4.78 is 30.4. The van der Waals surface area contributed by atoms with Gasteiger partial charge in [-0.2, -0.15) is 0 Å².